The number of amides is 1. The molecule has 0 bridgehead atoms. The summed E-state index contributed by atoms with van der Waals surface area (Å²) in [6, 6.07) is 0.579. The lowest BCUT2D eigenvalue weighted by atomic mass is 10.1. The van der Waals surface area contributed by atoms with E-state index in [0.717, 1.165) is 25.9 Å². The maximum atomic E-state index is 12.0. The number of likely N-dealkylation sites (tertiary alicyclic amines) is 1. The maximum absolute atomic E-state index is 12.0. The second kappa shape index (κ2) is 6.36. The van der Waals surface area contributed by atoms with Gasteiger partial charge in [0.15, 0.2) is 0 Å². The van der Waals surface area contributed by atoms with Gasteiger partial charge in [-0.05, 0) is 25.7 Å². The Morgan fingerprint density at radius 1 is 1.24 bits per heavy atom. The van der Waals surface area contributed by atoms with Crippen LogP contribution < -0.4 is 5.32 Å². The van der Waals surface area contributed by atoms with Crippen LogP contribution >= 0.6 is 0 Å². The smallest absolute Gasteiger partial charge is 0.236 e. The first-order chi connectivity index (χ1) is 8.29. The molecule has 4 heteroatoms. The van der Waals surface area contributed by atoms with E-state index in [1.807, 2.05) is 4.90 Å². The summed E-state index contributed by atoms with van der Waals surface area (Å²) in [4.78, 5) is 13.9. The Labute approximate surface area is 104 Å². The molecule has 1 heterocycles. The van der Waals surface area contributed by atoms with Gasteiger partial charge in [-0.1, -0.05) is 12.8 Å². The summed E-state index contributed by atoms with van der Waals surface area (Å²) in [5.74, 6) is 0.256. The van der Waals surface area contributed by atoms with Crippen LogP contribution in [0.5, 0.6) is 0 Å². The Hall–Kier alpha value is -0.610. The molecule has 2 fully saturated rings. The van der Waals surface area contributed by atoms with Crippen molar-refractivity contribution in [2.45, 2.75) is 50.7 Å². The molecule has 0 aromatic heterocycles. The second-order valence-corrected chi connectivity index (χ2v) is 5.18. The standard InChI is InChI=1S/C13H24N2O2/c1-17-12-6-8-15(9-7-12)13(16)10-14-11-4-2-3-5-11/h11-12,14H,2-10H2,1H3. The van der Waals surface area contributed by atoms with E-state index in [4.69, 9.17) is 4.74 Å². The first-order valence-electron chi connectivity index (χ1n) is 6.83. The van der Waals surface area contributed by atoms with Crippen molar-refractivity contribution in [1.29, 1.82) is 0 Å². The van der Waals surface area contributed by atoms with Crippen LogP contribution in [0.3, 0.4) is 0 Å². The van der Waals surface area contributed by atoms with Crippen LogP contribution in [0.25, 0.3) is 0 Å². The van der Waals surface area contributed by atoms with Gasteiger partial charge in [0.05, 0.1) is 12.6 Å². The molecule has 0 aromatic carbocycles. The number of piperidine rings is 1. The molecular weight excluding hydrogens is 216 g/mol. The molecule has 2 aliphatic rings. The molecule has 1 saturated heterocycles. The van der Waals surface area contributed by atoms with Gasteiger partial charge in [-0.2, -0.15) is 0 Å². The van der Waals surface area contributed by atoms with Crippen LogP contribution in [0.4, 0.5) is 0 Å². The molecule has 1 aliphatic heterocycles. The number of ether oxygens (including phenoxy) is 1. The van der Waals surface area contributed by atoms with Crippen LogP contribution in [0.1, 0.15) is 38.5 Å². The molecule has 0 radical (unpaired) electrons. The Balaban J connectivity index is 1.66. The fourth-order valence-electron chi connectivity index (χ4n) is 2.81. The minimum absolute atomic E-state index is 0.256. The van der Waals surface area contributed by atoms with Crippen molar-refractivity contribution in [1.82, 2.24) is 10.2 Å². The lowest BCUT2D eigenvalue weighted by Crippen LogP contribution is -2.45. The molecule has 17 heavy (non-hydrogen) atoms. The minimum atomic E-state index is 0.256. The van der Waals surface area contributed by atoms with Gasteiger partial charge in [-0.15, -0.1) is 0 Å². The topological polar surface area (TPSA) is 41.6 Å². The second-order valence-electron chi connectivity index (χ2n) is 5.18. The van der Waals surface area contributed by atoms with Crippen molar-refractivity contribution >= 4 is 5.91 Å². The third kappa shape index (κ3) is 3.68. The van der Waals surface area contributed by atoms with E-state index in [-0.39, 0.29) is 5.91 Å². The number of hydrogen-bond donors (Lipinski definition) is 1. The van der Waals surface area contributed by atoms with Crippen molar-refractivity contribution in [3.63, 3.8) is 0 Å². The van der Waals surface area contributed by atoms with Gasteiger partial charge in [0.1, 0.15) is 0 Å². The summed E-state index contributed by atoms with van der Waals surface area (Å²) in [5.41, 5.74) is 0. The normalized spacial score (nSPS) is 23.2. The Kier molecular flexibility index (Phi) is 4.80. The summed E-state index contributed by atoms with van der Waals surface area (Å²) in [7, 11) is 1.75. The average Bonchev–Trinajstić information content (AvgIpc) is 2.89. The number of methoxy groups -OCH3 is 1. The maximum Gasteiger partial charge on any atom is 0.236 e. The van der Waals surface area contributed by atoms with Gasteiger partial charge >= 0.3 is 0 Å². The molecule has 1 aliphatic carbocycles. The van der Waals surface area contributed by atoms with E-state index < -0.39 is 0 Å². The van der Waals surface area contributed by atoms with E-state index in [2.05, 4.69) is 5.32 Å². The minimum Gasteiger partial charge on any atom is -0.381 e. The molecule has 0 atom stereocenters. The van der Waals surface area contributed by atoms with Crippen LogP contribution in [0.15, 0.2) is 0 Å². The molecule has 0 aromatic rings. The van der Waals surface area contributed by atoms with Crippen molar-refractivity contribution in [3.8, 4) is 0 Å². The van der Waals surface area contributed by atoms with Crippen LogP contribution in [0, 0.1) is 0 Å². The quantitative estimate of drug-likeness (QED) is 0.801. The number of carbonyl (C=O) groups is 1. The third-order valence-corrected chi connectivity index (χ3v) is 4.03. The van der Waals surface area contributed by atoms with Gasteiger partial charge in [-0.3, -0.25) is 4.79 Å². The SMILES string of the molecule is COC1CCN(C(=O)CNC2CCCC2)CC1. The van der Waals surface area contributed by atoms with Gasteiger partial charge in [0.2, 0.25) is 5.91 Å². The van der Waals surface area contributed by atoms with Gasteiger partial charge < -0.3 is 15.0 Å². The zero-order chi connectivity index (χ0) is 12.1. The molecule has 4 nitrogen and oxygen atoms in total. The van der Waals surface area contributed by atoms with Gasteiger partial charge in [0, 0.05) is 26.2 Å². The third-order valence-electron chi connectivity index (χ3n) is 4.03. The molecule has 98 valence electrons. The molecule has 0 spiro atoms. The summed E-state index contributed by atoms with van der Waals surface area (Å²) < 4.78 is 5.31. The highest BCUT2D eigenvalue weighted by Gasteiger charge is 2.23. The first-order valence-corrected chi connectivity index (χ1v) is 6.83. The number of rotatable bonds is 4. The van der Waals surface area contributed by atoms with E-state index in [9.17, 15) is 4.79 Å². The summed E-state index contributed by atoms with van der Waals surface area (Å²) >= 11 is 0. The van der Waals surface area contributed by atoms with Crippen LogP contribution in [0.2, 0.25) is 0 Å². The molecule has 1 N–H and O–H groups in total. The number of hydrogen-bond acceptors (Lipinski definition) is 3. The largest absolute Gasteiger partial charge is 0.381 e. The van der Waals surface area contributed by atoms with E-state index >= 15 is 0 Å². The van der Waals surface area contributed by atoms with Crippen LogP contribution in [-0.4, -0.2) is 49.7 Å². The molecule has 1 amide bonds. The lowest BCUT2D eigenvalue weighted by molar-refractivity contribution is -0.132. The first kappa shape index (κ1) is 12.8. The van der Waals surface area contributed by atoms with E-state index in [0.29, 0.717) is 18.7 Å². The fourth-order valence-corrected chi connectivity index (χ4v) is 2.81. The lowest BCUT2D eigenvalue weighted by Gasteiger charge is -2.31. The Bertz CT molecular complexity index is 244. The zero-order valence-corrected chi connectivity index (χ0v) is 10.8. The highest BCUT2D eigenvalue weighted by Crippen LogP contribution is 2.17. The predicted molar refractivity (Wildman–Crippen MR) is 66.9 cm³/mol. The van der Waals surface area contributed by atoms with Crippen molar-refractivity contribution in [2.75, 3.05) is 26.7 Å². The molecular formula is C13H24N2O2. The number of nitrogens with zero attached hydrogens (tertiary/aromatic N) is 1. The number of nitrogens with one attached hydrogen (secondary N) is 1. The summed E-state index contributed by atoms with van der Waals surface area (Å²) in [6.07, 6.45) is 7.40. The van der Waals surface area contributed by atoms with Gasteiger partial charge in [0.25, 0.3) is 0 Å². The molecule has 2 rings (SSSR count). The average molecular weight is 240 g/mol. The van der Waals surface area contributed by atoms with E-state index in [1.54, 1.807) is 7.11 Å². The monoisotopic (exact) mass is 240 g/mol. The summed E-state index contributed by atoms with van der Waals surface area (Å²) in [5, 5.41) is 3.38. The molecule has 1 saturated carbocycles. The summed E-state index contributed by atoms with van der Waals surface area (Å²) in [6.45, 7) is 2.22. The highest BCUT2D eigenvalue weighted by molar-refractivity contribution is 5.78. The Morgan fingerprint density at radius 2 is 1.88 bits per heavy atom. The van der Waals surface area contributed by atoms with Gasteiger partial charge in [-0.25, -0.2) is 0 Å². The predicted octanol–water partition coefficient (Wildman–Crippen LogP) is 1.16. The van der Waals surface area contributed by atoms with E-state index in [1.165, 1.54) is 25.7 Å². The van der Waals surface area contributed by atoms with Crippen molar-refractivity contribution < 1.29 is 9.53 Å². The van der Waals surface area contributed by atoms with Crippen molar-refractivity contribution in [2.24, 2.45) is 0 Å². The van der Waals surface area contributed by atoms with Crippen molar-refractivity contribution in [3.05, 3.63) is 0 Å². The zero-order valence-electron chi connectivity index (χ0n) is 10.8. The Morgan fingerprint density at radius 3 is 2.47 bits per heavy atom. The number of carbonyl (C=O) groups excluding carboxylic acids is 1. The molecule has 0 unspecified atom stereocenters. The van der Waals surface area contributed by atoms with Crippen LogP contribution in [-0.2, 0) is 9.53 Å². The fraction of sp³-hybridized carbons (Fsp3) is 0.923. The highest BCUT2D eigenvalue weighted by atomic mass is 16.5.